The van der Waals surface area contributed by atoms with Gasteiger partial charge in [0.2, 0.25) is 5.91 Å². The van der Waals surface area contributed by atoms with Gasteiger partial charge in [0, 0.05) is 0 Å². The molecule has 2 N–H and O–H groups in total. The lowest BCUT2D eigenvalue weighted by Gasteiger charge is -2.21. The SMILES string of the molecule is CCN(CC)CCC(C(N)=O)c1ccccc1. The van der Waals surface area contributed by atoms with Gasteiger partial charge in [-0.05, 0) is 31.6 Å². The van der Waals surface area contributed by atoms with Crippen LogP contribution in [0.15, 0.2) is 30.3 Å². The summed E-state index contributed by atoms with van der Waals surface area (Å²) in [5.74, 6) is -0.403. The Morgan fingerprint density at radius 2 is 1.82 bits per heavy atom. The van der Waals surface area contributed by atoms with Crippen molar-refractivity contribution in [3.63, 3.8) is 0 Å². The van der Waals surface area contributed by atoms with E-state index in [-0.39, 0.29) is 11.8 Å². The number of amides is 1. The fraction of sp³-hybridized carbons (Fsp3) is 0.500. The number of hydrogen-bond acceptors (Lipinski definition) is 2. The summed E-state index contributed by atoms with van der Waals surface area (Å²) >= 11 is 0. The van der Waals surface area contributed by atoms with Crippen molar-refractivity contribution >= 4 is 5.91 Å². The van der Waals surface area contributed by atoms with Gasteiger partial charge in [-0.15, -0.1) is 0 Å². The topological polar surface area (TPSA) is 46.3 Å². The molecular weight excluding hydrogens is 212 g/mol. The number of carbonyl (C=O) groups excluding carboxylic acids is 1. The second kappa shape index (κ2) is 7.07. The normalized spacial score (nSPS) is 12.6. The predicted molar refractivity (Wildman–Crippen MR) is 70.8 cm³/mol. The maximum Gasteiger partial charge on any atom is 0.225 e. The van der Waals surface area contributed by atoms with E-state index >= 15 is 0 Å². The molecular formula is C14H22N2O. The summed E-state index contributed by atoms with van der Waals surface area (Å²) in [6, 6.07) is 9.78. The maximum atomic E-state index is 11.5. The predicted octanol–water partition coefficient (Wildman–Crippen LogP) is 1.99. The molecule has 1 aromatic carbocycles. The van der Waals surface area contributed by atoms with Crippen LogP contribution in [0.1, 0.15) is 31.7 Å². The highest BCUT2D eigenvalue weighted by Gasteiger charge is 2.17. The Bertz CT molecular complexity index is 333. The average molecular weight is 234 g/mol. The Kier molecular flexibility index (Phi) is 5.70. The summed E-state index contributed by atoms with van der Waals surface area (Å²) < 4.78 is 0. The lowest BCUT2D eigenvalue weighted by atomic mass is 9.95. The Labute approximate surface area is 104 Å². The van der Waals surface area contributed by atoms with Crippen LogP contribution >= 0.6 is 0 Å². The summed E-state index contributed by atoms with van der Waals surface area (Å²) in [4.78, 5) is 13.8. The molecule has 0 fully saturated rings. The van der Waals surface area contributed by atoms with Gasteiger partial charge in [0.15, 0.2) is 0 Å². The Morgan fingerprint density at radius 3 is 2.29 bits per heavy atom. The van der Waals surface area contributed by atoms with Crippen LogP contribution in [-0.4, -0.2) is 30.4 Å². The number of carbonyl (C=O) groups is 1. The molecule has 94 valence electrons. The largest absolute Gasteiger partial charge is 0.369 e. The van der Waals surface area contributed by atoms with E-state index in [1.807, 2.05) is 30.3 Å². The third-order valence-electron chi connectivity index (χ3n) is 3.17. The first-order chi connectivity index (χ1) is 8.19. The molecule has 0 aliphatic carbocycles. The minimum atomic E-state index is -0.233. The number of nitrogens with two attached hydrogens (primary N) is 1. The molecule has 0 aliphatic heterocycles. The summed E-state index contributed by atoms with van der Waals surface area (Å²) in [6.45, 7) is 7.19. The molecule has 17 heavy (non-hydrogen) atoms. The molecule has 1 rings (SSSR count). The van der Waals surface area contributed by atoms with E-state index < -0.39 is 0 Å². The summed E-state index contributed by atoms with van der Waals surface area (Å²) in [5.41, 5.74) is 6.50. The van der Waals surface area contributed by atoms with Crippen molar-refractivity contribution in [2.45, 2.75) is 26.2 Å². The number of benzene rings is 1. The number of rotatable bonds is 7. The van der Waals surface area contributed by atoms with E-state index in [2.05, 4.69) is 18.7 Å². The van der Waals surface area contributed by atoms with Crippen LogP contribution in [0.5, 0.6) is 0 Å². The molecule has 1 unspecified atom stereocenters. The van der Waals surface area contributed by atoms with Crippen molar-refractivity contribution in [3.8, 4) is 0 Å². The van der Waals surface area contributed by atoms with Crippen LogP contribution in [0.3, 0.4) is 0 Å². The molecule has 0 aromatic heterocycles. The van der Waals surface area contributed by atoms with Crippen LogP contribution in [-0.2, 0) is 4.79 Å². The first kappa shape index (κ1) is 13.7. The van der Waals surface area contributed by atoms with Gasteiger partial charge in [0.1, 0.15) is 0 Å². The number of primary amides is 1. The van der Waals surface area contributed by atoms with Gasteiger partial charge < -0.3 is 10.6 Å². The fourth-order valence-electron chi connectivity index (χ4n) is 2.01. The second-order valence-corrected chi connectivity index (χ2v) is 4.18. The van der Waals surface area contributed by atoms with Crippen LogP contribution in [0, 0.1) is 0 Å². The second-order valence-electron chi connectivity index (χ2n) is 4.18. The van der Waals surface area contributed by atoms with Gasteiger partial charge in [0.05, 0.1) is 5.92 Å². The molecule has 0 radical (unpaired) electrons. The van der Waals surface area contributed by atoms with Crippen LogP contribution in [0.4, 0.5) is 0 Å². The van der Waals surface area contributed by atoms with Gasteiger partial charge in [-0.2, -0.15) is 0 Å². The van der Waals surface area contributed by atoms with Crippen molar-refractivity contribution in [1.29, 1.82) is 0 Å². The maximum absolute atomic E-state index is 11.5. The third kappa shape index (κ3) is 4.19. The van der Waals surface area contributed by atoms with Crippen molar-refractivity contribution < 1.29 is 4.79 Å². The van der Waals surface area contributed by atoms with Crippen molar-refractivity contribution in [2.75, 3.05) is 19.6 Å². The average Bonchev–Trinajstić information content (AvgIpc) is 2.35. The zero-order valence-electron chi connectivity index (χ0n) is 10.7. The molecule has 1 amide bonds. The van der Waals surface area contributed by atoms with E-state index in [1.165, 1.54) is 0 Å². The van der Waals surface area contributed by atoms with E-state index in [9.17, 15) is 4.79 Å². The van der Waals surface area contributed by atoms with Gasteiger partial charge in [-0.3, -0.25) is 4.79 Å². The van der Waals surface area contributed by atoms with Crippen LogP contribution in [0.25, 0.3) is 0 Å². The number of nitrogens with zero attached hydrogens (tertiary/aromatic N) is 1. The highest BCUT2D eigenvalue weighted by molar-refractivity contribution is 5.81. The van der Waals surface area contributed by atoms with Crippen molar-refractivity contribution in [3.05, 3.63) is 35.9 Å². The van der Waals surface area contributed by atoms with Gasteiger partial charge in [0.25, 0.3) is 0 Å². The van der Waals surface area contributed by atoms with Crippen molar-refractivity contribution in [2.24, 2.45) is 5.73 Å². The van der Waals surface area contributed by atoms with Crippen LogP contribution < -0.4 is 5.73 Å². The molecule has 1 atom stereocenters. The van der Waals surface area contributed by atoms with Crippen molar-refractivity contribution in [1.82, 2.24) is 4.90 Å². The molecule has 0 spiro atoms. The van der Waals surface area contributed by atoms with E-state index in [0.29, 0.717) is 0 Å². The fourth-order valence-corrected chi connectivity index (χ4v) is 2.01. The van der Waals surface area contributed by atoms with Gasteiger partial charge >= 0.3 is 0 Å². The molecule has 0 heterocycles. The standard InChI is InChI=1S/C14H22N2O/c1-3-16(4-2)11-10-13(14(15)17)12-8-6-5-7-9-12/h5-9,13H,3-4,10-11H2,1-2H3,(H2,15,17). The highest BCUT2D eigenvalue weighted by atomic mass is 16.1. The Hall–Kier alpha value is -1.35. The quantitative estimate of drug-likeness (QED) is 0.784. The van der Waals surface area contributed by atoms with Crippen LogP contribution in [0.2, 0.25) is 0 Å². The minimum Gasteiger partial charge on any atom is -0.369 e. The van der Waals surface area contributed by atoms with Gasteiger partial charge in [-0.1, -0.05) is 44.2 Å². The monoisotopic (exact) mass is 234 g/mol. The summed E-state index contributed by atoms with van der Waals surface area (Å²) in [6.07, 6.45) is 0.793. The van der Waals surface area contributed by atoms with E-state index in [4.69, 9.17) is 5.73 Å². The highest BCUT2D eigenvalue weighted by Crippen LogP contribution is 2.19. The lowest BCUT2D eigenvalue weighted by Crippen LogP contribution is -2.29. The Morgan fingerprint density at radius 1 is 1.24 bits per heavy atom. The Balaban J connectivity index is 2.65. The molecule has 1 aromatic rings. The molecule has 0 saturated heterocycles. The summed E-state index contributed by atoms with van der Waals surface area (Å²) in [7, 11) is 0. The first-order valence-electron chi connectivity index (χ1n) is 6.25. The number of hydrogen-bond donors (Lipinski definition) is 1. The zero-order valence-corrected chi connectivity index (χ0v) is 10.7. The molecule has 0 aliphatic rings. The zero-order chi connectivity index (χ0) is 12.7. The van der Waals surface area contributed by atoms with E-state index in [0.717, 1.165) is 31.6 Å². The summed E-state index contributed by atoms with van der Waals surface area (Å²) in [5, 5.41) is 0. The molecule has 0 saturated carbocycles. The smallest absolute Gasteiger partial charge is 0.225 e. The third-order valence-corrected chi connectivity index (χ3v) is 3.17. The molecule has 3 heteroatoms. The first-order valence-corrected chi connectivity index (χ1v) is 6.25. The molecule has 0 bridgehead atoms. The van der Waals surface area contributed by atoms with E-state index in [1.54, 1.807) is 0 Å². The lowest BCUT2D eigenvalue weighted by molar-refractivity contribution is -0.119. The van der Waals surface area contributed by atoms with Gasteiger partial charge in [-0.25, -0.2) is 0 Å². The minimum absolute atomic E-state index is 0.170. The molecule has 3 nitrogen and oxygen atoms in total.